The standard InChI is InChI=1S/C22H20BrN3O4/c1-29-20-11-14(10-15(12-24)22(28)26-18-7-8-18)2-9-19(20)30-13-21(27)25-17-5-3-16(23)4-6-17/h2-6,9-11,18H,7-8,13H2,1H3,(H,25,27)(H,26,28)/b15-10+. The maximum absolute atomic E-state index is 12.1. The number of nitrogens with one attached hydrogen (secondary N) is 2. The molecule has 7 nitrogen and oxygen atoms in total. The lowest BCUT2D eigenvalue weighted by Gasteiger charge is -2.12. The molecular weight excluding hydrogens is 450 g/mol. The largest absolute Gasteiger partial charge is 0.493 e. The molecule has 30 heavy (non-hydrogen) atoms. The molecule has 2 N–H and O–H groups in total. The summed E-state index contributed by atoms with van der Waals surface area (Å²) in [6.45, 7) is -0.200. The quantitative estimate of drug-likeness (QED) is 0.453. The van der Waals surface area contributed by atoms with E-state index >= 15 is 0 Å². The van der Waals surface area contributed by atoms with Crippen LogP contribution < -0.4 is 20.1 Å². The monoisotopic (exact) mass is 469 g/mol. The van der Waals surface area contributed by atoms with Crippen molar-refractivity contribution in [3.05, 3.63) is 58.1 Å². The van der Waals surface area contributed by atoms with Crippen molar-refractivity contribution in [1.29, 1.82) is 5.26 Å². The number of amides is 2. The van der Waals surface area contributed by atoms with Crippen molar-refractivity contribution in [1.82, 2.24) is 5.32 Å². The number of hydrogen-bond acceptors (Lipinski definition) is 5. The van der Waals surface area contributed by atoms with Gasteiger partial charge in [0.05, 0.1) is 7.11 Å². The van der Waals surface area contributed by atoms with E-state index in [2.05, 4.69) is 26.6 Å². The smallest absolute Gasteiger partial charge is 0.262 e. The van der Waals surface area contributed by atoms with Gasteiger partial charge in [-0.15, -0.1) is 0 Å². The second-order valence-electron chi connectivity index (χ2n) is 6.67. The molecule has 0 spiro atoms. The first kappa shape index (κ1) is 21.4. The Hall–Kier alpha value is -3.31. The van der Waals surface area contributed by atoms with Gasteiger partial charge in [0.1, 0.15) is 11.6 Å². The number of rotatable bonds is 8. The van der Waals surface area contributed by atoms with E-state index < -0.39 is 0 Å². The number of halogens is 1. The van der Waals surface area contributed by atoms with Crippen LogP contribution in [0, 0.1) is 11.3 Å². The second-order valence-corrected chi connectivity index (χ2v) is 7.59. The highest BCUT2D eigenvalue weighted by Crippen LogP contribution is 2.29. The van der Waals surface area contributed by atoms with Crippen molar-refractivity contribution in [2.75, 3.05) is 19.0 Å². The minimum absolute atomic E-state index is 0.0199. The van der Waals surface area contributed by atoms with Gasteiger partial charge in [0.15, 0.2) is 18.1 Å². The lowest BCUT2D eigenvalue weighted by atomic mass is 10.1. The Balaban J connectivity index is 1.63. The zero-order valence-corrected chi connectivity index (χ0v) is 17.9. The number of hydrogen-bond donors (Lipinski definition) is 2. The summed E-state index contributed by atoms with van der Waals surface area (Å²) in [5.74, 6) is 0.0670. The molecule has 2 aromatic rings. The van der Waals surface area contributed by atoms with Gasteiger partial charge in [0, 0.05) is 16.2 Å². The van der Waals surface area contributed by atoms with Gasteiger partial charge < -0.3 is 20.1 Å². The van der Waals surface area contributed by atoms with Gasteiger partial charge in [-0.1, -0.05) is 22.0 Å². The molecule has 1 saturated carbocycles. The van der Waals surface area contributed by atoms with E-state index in [0.717, 1.165) is 17.3 Å². The summed E-state index contributed by atoms with van der Waals surface area (Å²) in [5.41, 5.74) is 1.29. The van der Waals surface area contributed by atoms with E-state index in [9.17, 15) is 14.9 Å². The minimum atomic E-state index is -0.385. The molecule has 0 aliphatic heterocycles. The molecule has 1 aliphatic rings. The van der Waals surface area contributed by atoms with Crippen LogP contribution >= 0.6 is 15.9 Å². The molecule has 2 amide bonds. The molecule has 0 saturated heterocycles. The third kappa shape index (κ3) is 6.09. The van der Waals surface area contributed by atoms with E-state index in [1.807, 2.05) is 18.2 Å². The van der Waals surface area contributed by atoms with Crippen LogP contribution in [0.1, 0.15) is 18.4 Å². The molecular formula is C22H20BrN3O4. The summed E-state index contributed by atoms with van der Waals surface area (Å²) < 4.78 is 11.8. The average Bonchev–Trinajstić information content (AvgIpc) is 3.56. The fourth-order valence-electron chi connectivity index (χ4n) is 2.57. The van der Waals surface area contributed by atoms with Crippen LogP contribution in [0.5, 0.6) is 11.5 Å². The van der Waals surface area contributed by atoms with Gasteiger partial charge >= 0.3 is 0 Å². The molecule has 0 heterocycles. The van der Waals surface area contributed by atoms with Crippen LogP contribution in [-0.2, 0) is 9.59 Å². The van der Waals surface area contributed by atoms with Gasteiger partial charge in [-0.2, -0.15) is 5.26 Å². The summed E-state index contributed by atoms with van der Waals surface area (Å²) in [7, 11) is 1.47. The zero-order chi connectivity index (χ0) is 21.5. The lowest BCUT2D eigenvalue weighted by Crippen LogP contribution is -2.26. The van der Waals surface area contributed by atoms with Crippen LogP contribution in [-0.4, -0.2) is 31.6 Å². The normalized spacial score (nSPS) is 13.2. The summed E-state index contributed by atoms with van der Waals surface area (Å²) in [6.07, 6.45) is 3.38. The van der Waals surface area contributed by atoms with E-state index in [-0.39, 0.29) is 30.0 Å². The molecule has 8 heteroatoms. The first-order valence-corrected chi connectivity index (χ1v) is 10.1. The molecule has 154 valence electrons. The molecule has 0 atom stereocenters. The fraction of sp³-hybridized carbons (Fsp3) is 0.227. The van der Waals surface area contributed by atoms with Crippen LogP contribution in [0.15, 0.2) is 52.5 Å². The number of benzene rings is 2. The van der Waals surface area contributed by atoms with Crippen molar-refractivity contribution < 1.29 is 19.1 Å². The molecule has 0 unspecified atom stereocenters. The van der Waals surface area contributed by atoms with Gasteiger partial charge in [0.2, 0.25) is 0 Å². The molecule has 1 fully saturated rings. The first-order valence-electron chi connectivity index (χ1n) is 9.27. The van der Waals surface area contributed by atoms with Gasteiger partial charge in [-0.25, -0.2) is 0 Å². The van der Waals surface area contributed by atoms with Crippen molar-refractivity contribution in [3.63, 3.8) is 0 Å². The van der Waals surface area contributed by atoms with Crippen LogP contribution in [0.25, 0.3) is 6.08 Å². The van der Waals surface area contributed by atoms with Crippen molar-refractivity contribution in [2.24, 2.45) is 0 Å². The molecule has 3 rings (SSSR count). The highest BCUT2D eigenvalue weighted by molar-refractivity contribution is 9.10. The summed E-state index contributed by atoms with van der Waals surface area (Å²) >= 11 is 3.34. The predicted octanol–water partition coefficient (Wildman–Crippen LogP) is 3.66. The average molecular weight is 470 g/mol. The summed E-state index contributed by atoms with van der Waals surface area (Å²) in [6, 6.07) is 14.3. The van der Waals surface area contributed by atoms with Gasteiger partial charge in [-0.05, 0) is 60.9 Å². The second kappa shape index (κ2) is 9.94. The number of nitrogens with zero attached hydrogens (tertiary/aromatic N) is 1. The maximum atomic E-state index is 12.1. The van der Waals surface area contributed by atoms with Crippen molar-refractivity contribution >= 4 is 39.5 Å². The van der Waals surface area contributed by atoms with Gasteiger partial charge in [0.25, 0.3) is 11.8 Å². The third-order valence-corrected chi connectivity index (χ3v) is 4.79. The van der Waals surface area contributed by atoms with Crippen molar-refractivity contribution in [3.8, 4) is 17.6 Å². The fourth-order valence-corrected chi connectivity index (χ4v) is 2.84. The number of carbonyl (C=O) groups excluding carboxylic acids is 2. The van der Waals surface area contributed by atoms with Crippen molar-refractivity contribution in [2.45, 2.75) is 18.9 Å². The highest BCUT2D eigenvalue weighted by atomic mass is 79.9. The van der Waals surface area contributed by atoms with Crippen LogP contribution in [0.4, 0.5) is 5.69 Å². The summed E-state index contributed by atoms with van der Waals surface area (Å²) in [5, 5.41) is 14.8. The zero-order valence-electron chi connectivity index (χ0n) is 16.3. The van der Waals surface area contributed by atoms with E-state index in [4.69, 9.17) is 9.47 Å². The molecule has 2 aromatic carbocycles. The molecule has 0 aromatic heterocycles. The molecule has 1 aliphatic carbocycles. The number of nitriles is 1. The highest BCUT2D eigenvalue weighted by Gasteiger charge is 2.24. The Labute approximate surface area is 182 Å². The first-order chi connectivity index (χ1) is 14.5. The third-order valence-electron chi connectivity index (χ3n) is 4.26. The molecule has 0 bridgehead atoms. The number of carbonyl (C=O) groups is 2. The Morgan fingerprint density at radius 3 is 2.57 bits per heavy atom. The number of anilines is 1. The Kier molecular flexibility index (Phi) is 7.09. The maximum Gasteiger partial charge on any atom is 0.262 e. The number of methoxy groups -OCH3 is 1. The van der Waals surface area contributed by atoms with E-state index in [1.165, 1.54) is 13.2 Å². The Bertz CT molecular complexity index is 1010. The Morgan fingerprint density at radius 1 is 1.20 bits per heavy atom. The minimum Gasteiger partial charge on any atom is -0.493 e. The SMILES string of the molecule is COc1cc(/C=C(\C#N)C(=O)NC2CC2)ccc1OCC(=O)Nc1ccc(Br)cc1. The predicted molar refractivity (Wildman–Crippen MR) is 116 cm³/mol. The summed E-state index contributed by atoms with van der Waals surface area (Å²) in [4.78, 5) is 24.2. The van der Waals surface area contributed by atoms with E-state index in [0.29, 0.717) is 22.7 Å². The molecule has 0 radical (unpaired) electrons. The number of ether oxygens (including phenoxy) is 2. The Morgan fingerprint density at radius 2 is 1.93 bits per heavy atom. The lowest BCUT2D eigenvalue weighted by molar-refractivity contribution is -0.118. The topological polar surface area (TPSA) is 100 Å². The van der Waals surface area contributed by atoms with Crippen LogP contribution in [0.3, 0.4) is 0 Å². The van der Waals surface area contributed by atoms with Gasteiger partial charge in [-0.3, -0.25) is 9.59 Å². The van der Waals surface area contributed by atoms with E-state index in [1.54, 1.807) is 30.3 Å². The van der Waals surface area contributed by atoms with Crippen LogP contribution in [0.2, 0.25) is 0 Å².